The molecule has 0 aromatic carbocycles. The molecule has 0 unspecified atom stereocenters. The number of rotatable bonds is 7. The summed E-state index contributed by atoms with van der Waals surface area (Å²) in [6, 6.07) is 3.35. The summed E-state index contributed by atoms with van der Waals surface area (Å²) in [4.78, 5) is 30.2. The molecule has 1 aromatic rings. The van der Waals surface area contributed by atoms with Crippen molar-refractivity contribution in [3.8, 4) is 0 Å². The molecule has 26 heavy (non-hydrogen) atoms. The number of aromatic nitrogens is 1. The quantitative estimate of drug-likeness (QED) is 0.633. The molecule has 1 aromatic heterocycles. The van der Waals surface area contributed by atoms with E-state index in [-0.39, 0.29) is 49.1 Å². The first kappa shape index (κ1) is 24.4. The van der Waals surface area contributed by atoms with Gasteiger partial charge < -0.3 is 21.3 Å². The van der Waals surface area contributed by atoms with Crippen molar-refractivity contribution < 1.29 is 9.59 Å². The molecule has 0 aliphatic carbocycles. The van der Waals surface area contributed by atoms with E-state index in [1.165, 1.54) is 12.8 Å². The fourth-order valence-corrected chi connectivity index (χ4v) is 2.51. The van der Waals surface area contributed by atoms with Crippen molar-refractivity contribution in [1.29, 1.82) is 0 Å². The summed E-state index contributed by atoms with van der Waals surface area (Å²) in [5, 5.41) is 5.31. The van der Waals surface area contributed by atoms with Gasteiger partial charge in [0.1, 0.15) is 5.82 Å². The third-order valence-electron chi connectivity index (χ3n) is 4.17. The van der Waals surface area contributed by atoms with Crippen molar-refractivity contribution in [2.75, 3.05) is 24.5 Å². The molecule has 7 nitrogen and oxygen atoms in total. The van der Waals surface area contributed by atoms with E-state index >= 15 is 0 Å². The van der Waals surface area contributed by atoms with Gasteiger partial charge in [0.05, 0.1) is 12.6 Å². The molecule has 9 heteroatoms. The number of anilines is 1. The lowest BCUT2D eigenvalue weighted by Crippen LogP contribution is -2.47. The van der Waals surface area contributed by atoms with Crippen LogP contribution in [-0.2, 0) is 16.1 Å². The Morgan fingerprint density at radius 3 is 2.38 bits per heavy atom. The third kappa shape index (κ3) is 7.35. The van der Waals surface area contributed by atoms with Crippen LogP contribution in [0.3, 0.4) is 0 Å². The van der Waals surface area contributed by atoms with Crippen LogP contribution in [0.25, 0.3) is 0 Å². The first-order chi connectivity index (χ1) is 11.5. The maximum atomic E-state index is 11.8. The lowest BCUT2D eigenvalue weighted by Gasteiger charge is -2.16. The average Bonchev–Trinajstić information content (AvgIpc) is 3.12. The number of hydrogen-bond donors (Lipinski definition) is 3. The number of nitrogens with one attached hydrogen (secondary N) is 2. The monoisotopic (exact) mass is 405 g/mol. The van der Waals surface area contributed by atoms with E-state index in [1.54, 1.807) is 6.20 Å². The lowest BCUT2D eigenvalue weighted by molar-refractivity contribution is -0.127. The lowest BCUT2D eigenvalue weighted by atomic mass is 10.1. The van der Waals surface area contributed by atoms with Crippen LogP contribution in [0.1, 0.15) is 32.3 Å². The Hall–Kier alpha value is -1.57. The van der Waals surface area contributed by atoms with Gasteiger partial charge in [-0.25, -0.2) is 4.98 Å². The van der Waals surface area contributed by atoms with Gasteiger partial charge in [-0.3, -0.25) is 9.59 Å². The molecule has 0 spiro atoms. The second kappa shape index (κ2) is 11.9. The van der Waals surface area contributed by atoms with E-state index in [0.717, 1.165) is 24.5 Å². The fourth-order valence-electron chi connectivity index (χ4n) is 2.51. The van der Waals surface area contributed by atoms with Crippen LogP contribution in [0.15, 0.2) is 18.3 Å². The number of pyridine rings is 1. The van der Waals surface area contributed by atoms with Crippen molar-refractivity contribution in [2.24, 2.45) is 11.7 Å². The van der Waals surface area contributed by atoms with Crippen LogP contribution in [-0.4, -0.2) is 42.5 Å². The summed E-state index contributed by atoms with van der Waals surface area (Å²) in [6.07, 6.45) is 4.21. The number of amides is 2. The zero-order valence-corrected chi connectivity index (χ0v) is 16.9. The van der Waals surface area contributed by atoms with Gasteiger partial charge in [-0.15, -0.1) is 24.8 Å². The maximum absolute atomic E-state index is 11.8. The van der Waals surface area contributed by atoms with E-state index in [4.69, 9.17) is 5.73 Å². The normalized spacial score (nSPS) is 14.2. The van der Waals surface area contributed by atoms with E-state index in [1.807, 2.05) is 26.0 Å². The Labute approximate surface area is 167 Å². The standard InChI is InChI=1S/C17H27N5O2.2ClH/c1-12(2)16(18)17(24)21-11-15(23)20-10-13-5-6-14(19-9-13)22-7-3-4-8-22;;/h5-6,9,12,16H,3-4,7-8,10-11,18H2,1-2H3,(H,20,23)(H,21,24);2*1H/t16-;;/m0../s1. The van der Waals surface area contributed by atoms with Crippen LogP contribution in [0.2, 0.25) is 0 Å². The van der Waals surface area contributed by atoms with Crippen molar-refractivity contribution >= 4 is 42.4 Å². The summed E-state index contributed by atoms with van der Waals surface area (Å²) in [5.41, 5.74) is 6.65. The van der Waals surface area contributed by atoms with E-state index in [9.17, 15) is 9.59 Å². The molecular weight excluding hydrogens is 377 g/mol. The molecule has 2 rings (SSSR count). The summed E-state index contributed by atoms with van der Waals surface area (Å²) < 4.78 is 0. The minimum absolute atomic E-state index is 0. The van der Waals surface area contributed by atoms with Crippen molar-refractivity contribution in [2.45, 2.75) is 39.3 Å². The number of halogens is 2. The highest BCUT2D eigenvalue weighted by atomic mass is 35.5. The fraction of sp³-hybridized carbons (Fsp3) is 0.588. The molecule has 0 radical (unpaired) electrons. The number of carbonyl (C=O) groups is 2. The third-order valence-corrected chi connectivity index (χ3v) is 4.17. The predicted molar refractivity (Wildman–Crippen MR) is 108 cm³/mol. The zero-order valence-electron chi connectivity index (χ0n) is 15.2. The summed E-state index contributed by atoms with van der Waals surface area (Å²) in [7, 11) is 0. The van der Waals surface area contributed by atoms with Crippen LogP contribution in [0.4, 0.5) is 5.82 Å². The van der Waals surface area contributed by atoms with Crippen molar-refractivity contribution in [3.05, 3.63) is 23.9 Å². The maximum Gasteiger partial charge on any atom is 0.239 e. The molecule has 2 heterocycles. The molecule has 2 amide bonds. The molecular formula is C17H29Cl2N5O2. The second-order valence-electron chi connectivity index (χ2n) is 6.48. The SMILES string of the molecule is CC(C)[C@H](N)C(=O)NCC(=O)NCc1ccc(N2CCCC2)nc1.Cl.Cl. The van der Waals surface area contributed by atoms with Crippen LogP contribution in [0, 0.1) is 5.92 Å². The highest BCUT2D eigenvalue weighted by Crippen LogP contribution is 2.17. The molecule has 1 saturated heterocycles. The second-order valence-corrected chi connectivity index (χ2v) is 6.48. The molecule has 1 aliphatic rings. The topological polar surface area (TPSA) is 100 Å². The smallest absolute Gasteiger partial charge is 0.239 e. The van der Waals surface area contributed by atoms with Gasteiger partial charge in [0.25, 0.3) is 0 Å². The average molecular weight is 406 g/mol. The van der Waals surface area contributed by atoms with Gasteiger partial charge in [0.2, 0.25) is 11.8 Å². The van der Waals surface area contributed by atoms with Gasteiger partial charge in [-0.1, -0.05) is 19.9 Å². The Morgan fingerprint density at radius 2 is 1.85 bits per heavy atom. The Bertz CT molecular complexity index is 563. The minimum atomic E-state index is -0.597. The summed E-state index contributed by atoms with van der Waals surface area (Å²) in [6.45, 7) is 6.16. The van der Waals surface area contributed by atoms with E-state index in [0.29, 0.717) is 6.54 Å². The molecule has 1 atom stereocenters. The first-order valence-corrected chi connectivity index (χ1v) is 8.47. The first-order valence-electron chi connectivity index (χ1n) is 8.47. The van der Waals surface area contributed by atoms with E-state index in [2.05, 4.69) is 20.5 Å². The van der Waals surface area contributed by atoms with Gasteiger partial charge in [-0.05, 0) is 30.4 Å². The van der Waals surface area contributed by atoms with Crippen LogP contribution < -0.4 is 21.3 Å². The molecule has 4 N–H and O–H groups in total. The number of nitrogens with two attached hydrogens (primary N) is 1. The van der Waals surface area contributed by atoms with Gasteiger partial charge in [-0.2, -0.15) is 0 Å². The minimum Gasteiger partial charge on any atom is -0.357 e. The highest BCUT2D eigenvalue weighted by Gasteiger charge is 2.17. The van der Waals surface area contributed by atoms with E-state index < -0.39 is 6.04 Å². The van der Waals surface area contributed by atoms with Crippen LogP contribution >= 0.6 is 24.8 Å². The Balaban J connectivity index is 0.00000312. The summed E-state index contributed by atoms with van der Waals surface area (Å²) in [5.74, 6) is 0.463. The molecule has 1 fully saturated rings. The number of hydrogen-bond acceptors (Lipinski definition) is 5. The number of carbonyl (C=O) groups excluding carboxylic acids is 2. The number of nitrogens with zero attached hydrogens (tertiary/aromatic N) is 2. The van der Waals surface area contributed by atoms with Crippen molar-refractivity contribution in [3.63, 3.8) is 0 Å². The predicted octanol–water partition coefficient (Wildman–Crippen LogP) is 1.24. The van der Waals surface area contributed by atoms with Gasteiger partial charge >= 0.3 is 0 Å². The van der Waals surface area contributed by atoms with Crippen molar-refractivity contribution in [1.82, 2.24) is 15.6 Å². The highest BCUT2D eigenvalue weighted by molar-refractivity contribution is 5.87. The van der Waals surface area contributed by atoms with Gasteiger partial charge in [0.15, 0.2) is 0 Å². The molecule has 0 bridgehead atoms. The molecule has 0 saturated carbocycles. The van der Waals surface area contributed by atoms with Gasteiger partial charge in [0, 0.05) is 25.8 Å². The van der Waals surface area contributed by atoms with Crippen LogP contribution in [0.5, 0.6) is 0 Å². The molecule has 148 valence electrons. The summed E-state index contributed by atoms with van der Waals surface area (Å²) >= 11 is 0. The largest absolute Gasteiger partial charge is 0.357 e. The Kier molecular flexibility index (Phi) is 11.2. The Morgan fingerprint density at radius 1 is 1.19 bits per heavy atom. The molecule has 1 aliphatic heterocycles. The zero-order chi connectivity index (χ0) is 17.5.